The Morgan fingerprint density at radius 2 is 1.96 bits per heavy atom. The first kappa shape index (κ1) is 17.9. The fourth-order valence-corrected chi connectivity index (χ4v) is 3.82. The molecule has 2 aliphatic rings. The normalized spacial score (nSPS) is 23.3. The SMILES string of the molecule is CNC(=O)C1CN(C(=O)c2cccn2C)CCN(C2CCOCC2)C1. The van der Waals surface area contributed by atoms with Gasteiger partial charge in [0.2, 0.25) is 5.91 Å². The molecule has 2 aliphatic heterocycles. The predicted octanol–water partition coefficient (Wildman–Crippen LogP) is 0.324. The fraction of sp³-hybridized carbons (Fsp3) is 0.667. The standard InChI is InChI=1S/C18H28N4O3/c1-19-17(23)14-12-21(15-5-10-25-11-6-15)8-9-22(13-14)18(24)16-4-3-7-20(16)2/h3-4,7,14-15H,5-6,8-13H2,1-2H3,(H,19,23). The van der Waals surface area contributed by atoms with Crippen molar-refractivity contribution < 1.29 is 14.3 Å². The molecule has 0 spiro atoms. The third-order valence-corrected chi connectivity index (χ3v) is 5.33. The van der Waals surface area contributed by atoms with Crippen molar-refractivity contribution in [1.82, 2.24) is 19.7 Å². The van der Waals surface area contributed by atoms with Crippen molar-refractivity contribution in [3.63, 3.8) is 0 Å². The number of carbonyl (C=O) groups is 2. The molecule has 0 bridgehead atoms. The maximum Gasteiger partial charge on any atom is 0.270 e. The largest absolute Gasteiger partial charge is 0.381 e. The Morgan fingerprint density at radius 1 is 1.20 bits per heavy atom. The van der Waals surface area contributed by atoms with E-state index in [4.69, 9.17) is 4.74 Å². The van der Waals surface area contributed by atoms with Crippen molar-refractivity contribution in [2.75, 3.05) is 46.4 Å². The Labute approximate surface area is 148 Å². The van der Waals surface area contributed by atoms with Crippen LogP contribution < -0.4 is 5.32 Å². The fourth-order valence-electron chi connectivity index (χ4n) is 3.82. The van der Waals surface area contributed by atoms with Gasteiger partial charge in [-0.1, -0.05) is 0 Å². The highest BCUT2D eigenvalue weighted by molar-refractivity contribution is 5.93. The molecule has 2 amide bonds. The van der Waals surface area contributed by atoms with Gasteiger partial charge in [-0.05, 0) is 25.0 Å². The van der Waals surface area contributed by atoms with Crippen molar-refractivity contribution in [3.8, 4) is 0 Å². The van der Waals surface area contributed by atoms with E-state index in [2.05, 4.69) is 10.2 Å². The summed E-state index contributed by atoms with van der Waals surface area (Å²) in [5.74, 6) is -0.210. The molecule has 1 aromatic rings. The number of nitrogens with zero attached hydrogens (tertiary/aromatic N) is 3. The second-order valence-corrected chi connectivity index (χ2v) is 6.91. The van der Waals surface area contributed by atoms with Crippen molar-refractivity contribution >= 4 is 11.8 Å². The van der Waals surface area contributed by atoms with E-state index in [1.165, 1.54) is 0 Å². The molecule has 3 rings (SSSR count). The molecule has 2 saturated heterocycles. The van der Waals surface area contributed by atoms with Crippen LogP contribution in [0.15, 0.2) is 18.3 Å². The topological polar surface area (TPSA) is 66.8 Å². The number of ether oxygens (including phenoxy) is 1. The molecular weight excluding hydrogens is 320 g/mol. The van der Waals surface area contributed by atoms with Gasteiger partial charge in [0.25, 0.3) is 5.91 Å². The summed E-state index contributed by atoms with van der Waals surface area (Å²) in [5, 5.41) is 2.76. The number of rotatable bonds is 3. The first-order valence-electron chi connectivity index (χ1n) is 9.04. The minimum absolute atomic E-state index is 0.00337. The Hall–Kier alpha value is -1.86. The lowest BCUT2D eigenvalue weighted by Crippen LogP contribution is -2.45. The van der Waals surface area contributed by atoms with Crippen LogP contribution in [0.2, 0.25) is 0 Å². The van der Waals surface area contributed by atoms with Gasteiger partial charge < -0.3 is 19.5 Å². The monoisotopic (exact) mass is 348 g/mol. The van der Waals surface area contributed by atoms with Crippen LogP contribution in [0, 0.1) is 5.92 Å². The van der Waals surface area contributed by atoms with E-state index >= 15 is 0 Å². The first-order chi connectivity index (χ1) is 12.1. The summed E-state index contributed by atoms with van der Waals surface area (Å²) in [4.78, 5) is 29.5. The lowest BCUT2D eigenvalue weighted by atomic mass is 10.0. The average molecular weight is 348 g/mol. The second kappa shape index (κ2) is 8.01. The van der Waals surface area contributed by atoms with E-state index in [1.54, 1.807) is 7.05 Å². The van der Waals surface area contributed by atoms with Gasteiger partial charge in [-0.2, -0.15) is 0 Å². The van der Waals surface area contributed by atoms with E-state index in [-0.39, 0.29) is 17.7 Å². The summed E-state index contributed by atoms with van der Waals surface area (Å²) in [5.41, 5.74) is 0.662. The van der Waals surface area contributed by atoms with Gasteiger partial charge in [0, 0.05) is 65.7 Å². The number of carbonyl (C=O) groups excluding carboxylic acids is 2. The quantitative estimate of drug-likeness (QED) is 0.855. The number of nitrogens with one attached hydrogen (secondary N) is 1. The van der Waals surface area contributed by atoms with Gasteiger partial charge in [-0.15, -0.1) is 0 Å². The van der Waals surface area contributed by atoms with Crippen LogP contribution in [0.4, 0.5) is 0 Å². The molecule has 0 saturated carbocycles. The summed E-state index contributed by atoms with van der Waals surface area (Å²) in [6.07, 6.45) is 3.86. The predicted molar refractivity (Wildman–Crippen MR) is 94.3 cm³/mol. The smallest absolute Gasteiger partial charge is 0.270 e. The number of aryl methyl sites for hydroxylation is 1. The zero-order chi connectivity index (χ0) is 17.8. The molecule has 7 heteroatoms. The van der Waals surface area contributed by atoms with E-state index in [9.17, 15) is 9.59 Å². The highest BCUT2D eigenvalue weighted by atomic mass is 16.5. The molecule has 0 radical (unpaired) electrons. The van der Waals surface area contributed by atoms with Gasteiger partial charge in [0.15, 0.2) is 0 Å². The van der Waals surface area contributed by atoms with Crippen LogP contribution in [0.25, 0.3) is 0 Å². The molecule has 7 nitrogen and oxygen atoms in total. The molecule has 2 fully saturated rings. The van der Waals surface area contributed by atoms with Crippen LogP contribution in [0.1, 0.15) is 23.3 Å². The highest BCUT2D eigenvalue weighted by Crippen LogP contribution is 2.20. The zero-order valence-electron chi connectivity index (χ0n) is 15.1. The van der Waals surface area contributed by atoms with Gasteiger partial charge in [0.05, 0.1) is 5.92 Å². The molecule has 0 aliphatic carbocycles. The van der Waals surface area contributed by atoms with Crippen molar-refractivity contribution in [2.45, 2.75) is 18.9 Å². The lowest BCUT2D eigenvalue weighted by molar-refractivity contribution is -0.125. The molecule has 1 unspecified atom stereocenters. The number of aromatic nitrogens is 1. The Kier molecular flexibility index (Phi) is 5.75. The second-order valence-electron chi connectivity index (χ2n) is 6.91. The zero-order valence-corrected chi connectivity index (χ0v) is 15.1. The summed E-state index contributed by atoms with van der Waals surface area (Å²) < 4.78 is 7.30. The van der Waals surface area contributed by atoms with E-state index < -0.39 is 0 Å². The molecule has 1 atom stereocenters. The van der Waals surface area contributed by atoms with Crippen LogP contribution in [0.5, 0.6) is 0 Å². The van der Waals surface area contributed by atoms with E-state index in [0.717, 1.165) is 32.6 Å². The molecule has 0 aromatic carbocycles. The molecule has 1 N–H and O–H groups in total. The third-order valence-electron chi connectivity index (χ3n) is 5.33. The first-order valence-corrected chi connectivity index (χ1v) is 9.04. The van der Waals surface area contributed by atoms with Crippen LogP contribution >= 0.6 is 0 Å². The Morgan fingerprint density at radius 3 is 2.60 bits per heavy atom. The minimum Gasteiger partial charge on any atom is -0.381 e. The van der Waals surface area contributed by atoms with E-state index in [1.807, 2.05) is 34.8 Å². The summed E-state index contributed by atoms with van der Waals surface area (Å²) in [6, 6.07) is 4.14. The maximum atomic E-state index is 12.9. The third kappa shape index (κ3) is 4.04. The van der Waals surface area contributed by atoms with Gasteiger partial charge >= 0.3 is 0 Å². The van der Waals surface area contributed by atoms with Gasteiger partial charge in [-0.3, -0.25) is 14.5 Å². The van der Waals surface area contributed by atoms with Crippen molar-refractivity contribution in [3.05, 3.63) is 24.0 Å². The highest BCUT2D eigenvalue weighted by Gasteiger charge is 2.33. The molecule has 25 heavy (non-hydrogen) atoms. The summed E-state index contributed by atoms with van der Waals surface area (Å²) in [6.45, 7) is 4.16. The van der Waals surface area contributed by atoms with Crippen LogP contribution in [-0.4, -0.2) is 78.7 Å². The maximum absolute atomic E-state index is 12.9. The molecular formula is C18H28N4O3. The number of amides is 2. The number of hydrogen-bond donors (Lipinski definition) is 1. The Balaban J connectivity index is 1.76. The van der Waals surface area contributed by atoms with Gasteiger partial charge in [0.1, 0.15) is 5.69 Å². The van der Waals surface area contributed by atoms with Crippen LogP contribution in [-0.2, 0) is 16.6 Å². The summed E-state index contributed by atoms with van der Waals surface area (Å²) in [7, 11) is 3.53. The minimum atomic E-state index is -0.209. The Bertz CT molecular complexity index is 609. The molecule has 1 aromatic heterocycles. The van der Waals surface area contributed by atoms with Crippen molar-refractivity contribution in [1.29, 1.82) is 0 Å². The average Bonchev–Trinajstić information content (AvgIpc) is 2.94. The number of hydrogen-bond acceptors (Lipinski definition) is 4. The molecule has 138 valence electrons. The van der Waals surface area contributed by atoms with Crippen molar-refractivity contribution in [2.24, 2.45) is 13.0 Å². The van der Waals surface area contributed by atoms with Crippen LogP contribution in [0.3, 0.4) is 0 Å². The van der Waals surface area contributed by atoms with E-state index in [0.29, 0.717) is 31.4 Å². The lowest BCUT2D eigenvalue weighted by Gasteiger charge is -2.34. The van der Waals surface area contributed by atoms with Gasteiger partial charge in [-0.25, -0.2) is 0 Å². The molecule has 3 heterocycles. The summed E-state index contributed by atoms with van der Waals surface area (Å²) >= 11 is 0.